The van der Waals surface area contributed by atoms with Crippen molar-refractivity contribution in [3.63, 3.8) is 0 Å². The lowest BCUT2D eigenvalue weighted by molar-refractivity contribution is 0.307. The van der Waals surface area contributed by atoms with Gasteiger partial charge in [0.15, 0.2) is 0 Å². The Bertz CT molecular complexity index is 611. The molecular formula is C17H20ClNOS. The minimum atomic E-state index is 0.486. The van der Waals surface area contributed by atoms with Crippen molar-refractivity contribution in [2.24, 2.45) is 0 Å². The van der Waals surface area contributed by atoms with Gasteiger partial charge in [0.1, 0.15) is 12.4 Å². The first-order valence-corrected chi connectivity index (χ1v) is 8.69. The molecule has 1 unspecified atom stereocenters. The van der Waals surface area contributed by atoms with Gasteiger partial charge in [0.25, 0.3) is 0 Å². The van der Waals surface area contributed by atoms with Crippen LogP contribution in [0.25, 0.3) is 0 Å². The van der Waals surface area contributed by atoms with Gasteiger partial charge in [-0.1, -0.05) is 30.7 Å². The number of halogens is 1. The fourth-order valence-corrected chi connectivity index (χ4v) is 3.87. The van der Waals surface area contributed by atoms with Crippen LogP contribution in [0.5, 0.6) is 5.75 Å². The number of hydrogen-bond donors (Lipinski definition) is 1. The van der Waals surface area contributed by atoms with Crippen molar-refractivity contribution in [1.29, 1.82) is 0 Å². The largest absolute Gasteiger partial charge is 0.488 e. The van der Waals surface area contributed by atoms with Crippen LogP contribution < -0.4 is 10.1 Å². The maximum Gasteiger partial charge on any atom is 0.123 e. The molecule has 1 N–H and O–H groups in total. The average Bonchev–Trinajstić information content (AvgIpc) is 3.09. The van der Waals surface area contributed by atoms with E-state index in [9.17, 15) is 0 Å². The van der Waals surface area contributed by atoms with Gasteiger partial charge >= 0.3 is 0 Å². The standard InChI is InChI=1S/C17H20ClNOS/c1-2-10-19-15-8-7-14-13(15)4-3-5-16(14)20-11-12-6-9-17(18)21-12/h3-6,9,15,19H,2,7-8,10-11H2,1H3. The quantitative estimate of drug-likeness (QED) is 0.811. The second kappa shape index (κ2) is 6.82. The third-order valence-electron chi connectivity index (χ3n) is 3.87. The molecule has 0 spiro atoms. The van der Waals surface area contributed by atoms with Crippen molar-refractivity contribution in [2.75, 3.05) is 6.54 Å². The van der Waals surface area contributed by atoms with Crippen LogP contribution >= 0.6 is 22.9 Å². The molecule has 3 rings (SSSR count). The Kier molecular flexibility index (Phi) is 4.84. The molecule has 112 valence electrons. The van der Waals surface area contributed by atoms with Crippen molar-refractivity contribution in [3.8, 4) is 5.75 Å². The van der Waals surface area contributed by atoms with E-state index in [1.165, 1.54) is 24.0 Å². The highest BCUT2D eigenvalue weighted by atomic mass is 35.5. The van der Waals surface area contributed by atoms with Crippen molar-refractivity contribution < 1.29 is 4.74 Å². The van der Waals surface area contributed by atoms with E-state index in [1.54, 1.807) is 11.3 Å². The van der Waals surface area contributed by atoms with Crippen molar-refractivity contribution in [3.05, 3.63) is 50.7 Å². The van der Waals surface area contributed by atoms with Crippen LogP contribution in [0.3, 0.4) is 0 Å². The van der Waals surface area contributed by atoms with E-state index in [0.29, 0.717) is 12.6 Å². The fraction of sp³-hybridized carbons (Fsp3) is 0.412. The third kappa shape index (κ3) is 3.42. The Hall–Kier alpha value is -1.03. The first kappa shape index (κ1) is 14.9. The molecule has 0 aliphatic heterocycles. The lowest BCUT2D eigenvalue weighted by Gasteiger charge is -2.14. The molecule has 0 amide bonds. The van der Waals surface area contributed by atoms with Gasteiger partial charge in [-0.2, -0.15) is 0 Å². The topological polar surface area (TPSA) is 21.3 Å². The van der Waals surface area contributed by atoms with Gasteiger partial charge in [-0.3, -0.25) is 0 Å². The molecule has 2 nitrogen and oxygen atoms in total. The summed E-state index contributed by atoms with van der Waals surface area (Å²) in [4.78, 5) is 1.16. The van der Waals surface area contributed by atoms with Gasteiger partial charge in [-0.15, -0.1) is 11.3 Å². The minimum absolute atomic E-state index is 0.486. The number of benzene rings is 1. The summed E-state index contributed by atoms with van der Waals surface area (Å²) >= 11 is 7.54. The Morgan fingerprint density at radius 3 is 3.00 bits per heavy atom. The Balaban J connectivity index is 1.71. The summed E-state index contributed by atoms with van der Waals surface area (Å²) in [6.45, 7) is 3.87. The molecular weight excluding hydrogens is 302 g/mol. The molecule has 4 heteroatoms. The number of nitrogens with one attached hydrogen (secondary N) is 1. The van der Waals surface area contributed by atoms with Crippen LogP contribution in [0.1, 0.15) is 41.8 Å². The fourth-order valence-electron chi connectivity index (χ4n) is 2.86. The molecule has 1 aliphatic carbocycles. The minimum Gasteiger partial charge on any atom is -0.488 e. The van der Waals surface area contributed by atoms with Crippen LogP contribution in [0.15, 0.2) is 30.3 Å². The summed E-state index contributed by atoms with van der Waals surface area (Å²) < 4.78 is 6.84. The first-order valence-electron chi connectivity index (χ1n) is 7.50. The normalized spacial score (nSPS) is 17.0. The van der Waals surface area contributed by atoms with E-state index in [0.717, 1.165) is 27.9 Å². The summed E-state index contributed by atoms with van der Waals surface area (Å²) in [5.41, 5.74) is 2.78. The first-order chi connectivity index (χ1) is 10.3. The number of hydrogen-bond acceptors (Lipinski definition) is 3. The second-order valence-corrected chi connectivity index (χ2v) is 7.16. The van der Waals surface area contributed by atoms with Gasteiger partial charge in [0, 0.05) is 10.9 Å². The molecule has 21 heavy (non-hydrogen) atoms. The third-order valence-corrected chi connectivity index (χ3v) is 5.07. The summed E-state index contributed by atoms with van der Waals surface area (Å²) in [6, 6.07) is 10.8. The van der Waals surface area contributed by atoms with E-state index in [4.69, 9.17) is 16.3 Å². The molecule has 1 aliphatic rings. The molecule has 0 saturated carbocycles. The average molecular weight is 322 g/mol. The molecule has 0 bridgehead atoms. The summed E-state index contributed by atoms with van der Waals surface area (Å²) in [5.74, 6) is 1.03. The Morgan fingerprint density at radius 2 is 2.24 bits per heavy atom. The van der Waals surface area contributed by atoms with E-state index in [1.807, 2.05) is 12.1 Å². The monoisotopic (exact) mass is 321 g/mol. The summed E-state index contributed by atoms with van der Waals surface area (Å²) in [5, 5.41) is 3.62. The molecule has 0 radical (unpaired) electrons. The number of thiophene rings is 1. The van der Waals surface area contributed by atoms with Gasteiger partial charge in [0.05, 0.1) is 4.34 Å². The molecule has 1 aromatic carbocycles. The van der Waals surface area contributed by atoms with Gasteiger partial charge < -0.3 is 10.1 Å². The van der Waals surface area contributed by atoms with Crippen LogP contribution in [0.4, 0.5) is 0 Å². The maximum atomic E-state index is 6.03. The maximum absolute atomic E-state index is 6.03. The highest BCUT2D eigenvalue weighted by Crippen LogP contribution is 2.37. The zero-order valence-electron chi connectivity index (χ0n) is 12.2. The number of fused-ring (bicyclic) bond motifs is 1. The van der Waals surface area contributed by atoms with Crippen LogP contribution in [0.2, 0.25) is 4.34 Å². The highest BCUT2D eigenvalue weighted by Gasteiger charge is 2.24. The van der Waals surface area contributed by atoms with Crippen molar-refractivity contribution in [1.82, 2.24) is 5.32 Å². The summed E-state index contributed by atoms with van der Waals surface area (Å²) in [7, 11) is 0. The predicted molar refractivity (Wildman–Crippen MR) is 89.5 cm³/mol. The van der Waals surface area contributed by atoms with Gasteiger partial charge in [-0.25, -0.2) is 0 Å². The molecule has 2 aromatic rings. The Labute approximate surface area is 135 Å². The lowest BCUT2D eigenvalue weighted by Crippen LogP contribution is -2.19. The van der Waals surface area contributed by atoms with E-state index >= 15 is 0 Å². The van der Waals surface area contributed by atoms with Crippen LogP contribution in [-0.2, 0) is 13.0 Å². The van der Waals surface area contributed by atoms with E-state index in [2.05, 4.69) is 30.4 Å². The SMILES string of the molecule is CCCNC1CCc2c(OCc3ccc(Cl)s3)cccc21. The Morgan fingerprint density at radius 1 is 1.33 bits per heavy atom. The predicted octanol–water partition coefficient (Wildman–Crippen LogP) is 4.97. The smallest absolute Gasteiger partial charge is 0.123 e. The van der Waals surface area contributed by atoms with E-state index < -0.39 is 0 Å². The highest BCUT2D eigenvalue weighted by molar-refractivity contribution is 7.16. The lowest BCUT2D eigenvalue weighted by atomic mass is 10.1. The van der Waals surface area contributed by atoms with Crippen molar-refractivity contribution >= 4 is 22.9 Å². The molecule has 1 heterocycles. The molecule has 0 fully saturated rings. The second-order valence-electron chi connectivity index (χ2n) is 5.36. The molecule has 0 saturated heterocycles. The van der Waals surface area contributed by atoms with Crippen LogP contribution in [0, 0.1) is 0 Å². The zero-order chi connectivity index (χ0) is 14.7. The molecule has 1 aromatic heterocycles. The molecule has 1 atom stereocenters. The van der Waals surface area contributed by atoms with Crippen LogP contribution in [-0.4, -0.2) is 6.54 Å². The zero-order valence-corrected chi connectivity index (χ0v) is 13.8. The van der Waals surface area contributed by atoms with Gasteiger partial charge in [-0.05, 0) is 55.1 Å². The van der Waals surface area contributed by atoms with Gasteiger partial charge in [0.2, 0.25) is 0 Å². The van der Waals surface area contributed by atoms with E-state index in [-0.39, 0.29) is 0 Å². The number of rotatable bonds is 6. The van der Waals surface area contributed by atoms with Crippen molar-refractivity contribution in [2.45, 2.75) is 38.8 Å². The summed E-state index contributed by atoms with van der Waals surface area (Å²) in [6.07, 6.45) is 3.43. The number of ether oxygens (including phenoxy) is 1.